The molecule has 1 atom stereocenters. The van der Waals surface area contributed by atoms with E-state index in [0.717, 1.165) is 12.1 Å². The van der Waals surface area contributed by atoms with E-state index in [9.17, 15) is 17.2 Å². The molecule has 0 saturated carbocycles. The maximum atomic E-state index is 11.1. The second-order valence-corrected chi connectivity index (χ2v) is 4.49. The Morgan fingerprint density at radius 1 is 1.36 bits per heavy atom. The number of aromatic hydroxyl groups is 1. The smallest absolute Gasteiger partial charge is 0.312 e. The van der Waals surface area contributed by atoms with Crippen LogP contribution in [0.5, 0.6) is 5.75 Å². The number of rotatable bonds is 3. The topological polar surface area (TPSA) is 104 Å². The van der Waals surface area contributed by atoms with E-state index in [1.165, 1.54) is 12.1 Å². The van der Waals surface area contributed by atoms with Gasteiger partial charge in [-0.2, -0.15) is 12.0 Å². The summed E-state index contributed by atoms with van der Waals surface area (Å²) < 4.78 is 45.8. The fourth-order valence-corrected chi connectivity index (χ4v) is 2.23. The molecule has 0 radical (unpaired) electrons. The van der Waals surface area contributed by atoms with Crippen molar-refractivity contribution in [1.82, 2.24) is 0 Å². The lowest BCUT2D eigenvalue weighted by molar-refractivity contribution is 0.421. The zero-order chi connectivity index (χ0) is 10.8. The summed E-state index contributed by atoms with van der Waals surface area (Å²) in [5, 5.41) is 9.10. The highest BCUT2D eigenvalue weighted by molar-refractivity contribution is 7.95. The van der Waals surface area contributed by atoms with Gasteiger partial charge in [0, 0.05) is 0 Å². The minimum atomic E-state index is -4.45. The first-order valence-electron chi connectivity index (χ1n) is 3.26. The lowest BCUT2D eigenvalue weighted by Gasteiger charge is -2.07. The van der Waals surface area contributed by atoms with Crippen molar-refractivity contribution in [3.05, 3.63) is 24.3 Å². The highest BCUT2D eigenvalue weighted by Crippen LogP contribution is 2.23. The van der Waals surface area contributed by atoms with E-state index in [1.54, 1.807) is 0 Å². The van der Waals surface area contributed by atoms with E-state index < -0.39 is 32.1 Å². The van der Waals surface area contributed by atoms with Crippen molar-refractivity contribution in [2.75, 3.05) is 0 Å². The lowest BCUT2D eigenvalue weighted by atomic mass is 10.3. The minimum Gasteiger partial charge on any atom is -0.749 e. The van der Waals surface area contributed by atoms with Crippen LogP contribution in [-0.4, -0.2) is 22.3 Å². The zero-order valence-corrected chi connectivity index (χ0v) is 8.25. The second-order valence-electron chi connectivity index (χ2n) is 2.19. The molecule has 0 aliphatic carbocycles. The van der Waals surface area contributed by atoms with Gasteiger partial charge < -0.3 is 9.66 Å². The molecule has 0 bridgehead atoms. The molecule has 0 saturated heterocycles. The Morgan fingerprint density at radius 3 is 2.43 bits per heavy atom. The third-order valence-corrected chi connectivity index (χ3v) is 3.32. The van der Waals surface area contributed by atoms with Crippen LogP contribution in [0.3, 0.4) is 0 Å². The molecule has 8 heteroatoms. The number of phenolic OH excluding ortho intramolecular Hbond substituents is 1. The van der Waals surface area contributed by atoms with Gasteiger partial charge in [-0.25, -0.2) is 4.21 Å². The van der Waals surface area contributed by atoms with Crippen molar-refractivity contribution >= 4 is 21.5 Å². The van der Waals surface area contributed by atoms with Gasteiger partial charge in [0.15, 0.2) is 0 Å². The summed E-state index contributed by atoms with van der Waals surface area (Å²) in [6, 6.07) is 4.84. The van der Waals surface area contributed by atoms with E-state index >= 15 is 0 Å². The standard InChI is InChI=1S/C6H6O6S2/c7-5-3-1-2-4-6(5)14(10,11)12-13(8)9/h1-4,7H,(H,8,9)/p-1. The van der Waals surface area contributed by atoms with Crippen LogP contribution in [0.15, 0.2) is 29.2 Å². The van der Waals surface area contributed by atoms with Crippen LogP contribution >= 0.6 is 0 Å². The molecular formula is C6H5O6S2-. The summed E-state index contributed by atoms with van der Waals surface area (Å²) in [5.74, 6) is -0.571. The Balaban J connectivity index is 3.17. The summed E-state index contributed by atoms with van der Waals surface area (Å²) in [7, 11) is -4.45. The molecule has 1 rings (SSSR count). The summed E-state index contributed by atoms with van der Waals surface area (Å²) in [6.07, 6.45) is 0. The second kappa shape index (κ2) is 4.05. The number of hydrogen-bond acceptors (Lipinski definition) is 6. The van der Waals surface area contributed by atoms with E-state index in [2.05, 4.69) is 3.63 Å². The molecule has 78 valence electrons. The summed E-state index contributed by atoms with van der Waals surface area (Å²) in [4.78, 5) is -0.593. The van der Waals surface area contributed by atoms with E-state index in [4.69, 9.17) is 5.11 Å². The van der Waals surface area contributed by atoms with E-state index in [1.807, 2.05) is 0 Å². The summed E-state index contributed by atoms with van der Waals surface area (Å²) >= 11 is -3.19. The maximum Gasteiger partial charge on any atom is 0.312 e. The first-order chi connectivity index (χ1) is 6.43. The average Bonchev–Trinajstić information content (AvgIpc) is 2.02. The number of benzene rings is 1. The number of hydrogen-bond donors (Lipinski definition) is 1. The predicted molar refractivity (Wildman–Crippen MR) is 45.3 cm³/mol. The first kappa shape index (κ1) is 11.1. The van der Waals surface area contributed by atoms with Gasteiger partial charge in [-0.15, -0.1) is 0 Å². The Bertz CT molecular complexity index is 451. The fraction of sp³-hybridized carbons (Fsp3) is 0. The molecule has 1 aromatic rings. The molecule has 0 aliphatic rings. The van der Waals surface area contributed by atoms with Crippen LogP contribution in [0.25, 0.3) is 0 Å². The van der Waals surface area contributed by atoms with Crippen molar-refractivity contribution in [2.45, 2.75) is 4.90 Å². The molecule has 0 fully saturated rings. The average molecular weight is 237 g/mol. The van der Waals surface area contributed by atoms with Crippen molar-refractivity contribution in [2.24, 2.45) is 0 Å². The highest BCUT2D eigenvalue weighted by Gasteiger charge is 2.19. The van der Waals surface area contributed by atoms with Crippen molar-refractivity contribution in [3.63, 3.8) is 0 Å². The van der Waals surface area contributed by atoms with Crippen LogP contribution in [0.1, 0.15) is 0 Å². The van der Waals surface area contributed by atoms with Crippen LogP contribution in [0.2, 0.25) is 0 Å². The predicted octanol–water partition coefficient (Wildman–Crippen LogP) is -0.108. The van der Waals surface area contributed by atoms with E-state index in [-0.39, 0.29) is 0 Å². The van der Waals surface area contributed by atoms with Crippen LogP contribution in [-0.2, 0) is 25.1 Å². The first-order valence-corrected chi connectivity index (χ1v) is 5.66. The van der Waals surface area contributed by atoms with Gasteiger partial charge in [0.05, 0.1) is 0 Å². The SMILES string of the molecule is O=S([O-])OS(=O)(=O)c1ccccc1O. The Kier molecular flexibility index (Phi) is 3.21. The third kappa shape index (κ3) is 2.51. The van der Waals surface area contributed by atoms with Gasteiger partial charge in [-0.05, 0) is 12.1 Å². The maximum absolute atomic E-state index is 11.1. The minimum absolute atomic E-state index is 0.571. The molecule has 6 nitrogen and oxygen atoms in total. The summed E-state index contributed by atoms with van der Waals surface area (Å²) in [5.41, 5.74) is 0. The Morgan fingerprint density at radius 2 is 1.93 bits per heavy atom. The third-order valence-electron chi connectivity index (χ3n) is 1.28. The van der Waals surface area contributed by atoms with Crippen LogP contribution in [0, 0.1) is 0 Å². The Labute approximate surface area is 82.8 Å². The zero-order valence-electron chi connectivity index (χ0n) is 6.61. The van der Waals surface area contributed by atoms with Gasteiger partial charge in [0.2, 0.25) is 0 Å². The van der Waals surface area contributed by atoms with Crippen LogP contribution < -0.4 is 0 Å². The number of para-hydroxylation sites is 1. The van der Waals surface area contributed by atoms with Crippen molar-refractivity contribution in [3.8, 4) is 5.75 Å². The van der Waals surface area contributed by atoms with Crippen molar-refractivity contribution < 1.29 is 25.9 Å². The number of phenols is 1. The largest absolute Gasteiger partial charge is 0.749 e. The molecule has 0 spiro atoms. The van der Waals surface area contributed by atoms with Crippen molar-refractivity contribution in [1.29, 1.82) is 0 Å². The lowest BCUT2D eigenvalue weighted by Crippen LogP contribution is -2.08. The van der Waals surface area contributed by atoms with E-state index in [0.29, 0.717) is 0 Å². The molecule has 1 N–H and O–H groups in total. The van der Waals surface area contributed by atoms with Gasteiger partial charge in [-0.1, -0.05) is 12.1 Å². The van der Waals surface area contributed by atoms with Crippen LogP contribution in [0.4, 0.5) is 0 Å². The van der Waals surface area contributed by atoms with Gasteiger partial charge >= 0.3 is 10.1 Å². The Hall–Kier alpha value is -0.960. The molecular weight excluding hydrogens is 232 g/mol. The van der Waals surface area contributed by atoms with Gasteiger partial charge in [-0.3, -0.25) is 0 Å². The monoisotopic (exact) mass is 237 g/mol. The molecule has 0 amide bonds. The summed E-state index contributed by atoms with van der Waals surface area (Å²) in [6.45, 7) is 0. The molecule has 1 unspecified atom stereocenters. The molecule has 14 heavy (non-hydrogen) atoms. The fourth-order valence-electron chi connectivity index (χ4n) is 0.778. The van der Waals surface area contributed by atoms with Gasteiger partial charge in [0.25, 0.3) is 0 Å². The quantitative estimate of drug-likeness (QED) is 0.735. The normalized spacial score (nSPS) is 13.8. The molecule has 1 aromatic carbocycles. The molecule has 0 heterocycles. The highest BCUT2D eigenvalue weighted by atomic mass is 32.3. The molecule has 0 aliphatic heterocycles. The molecule has 0 aromatic heterocycles. The van der Waals surface area contributed by atoms with Gasteiger partial charge in [0.1, 0.15) is 22.0 Å².